The molecule has 0 saturated carbocycles. The van der Waals surface area contributed by atoms with Crippen molar-refractivity contribution in [2.24, 2.45) is 0 Å². The molecule has 1 aliphatic carbocycles. The Morgan fingerprint density at radius 3 is 2.61 bits per heavy atom. The molecule has 7 heteroatoms. The molecule has 0 aromatic heterocycles. The standard InChI is InChI=1S/C29H35NO6/c1-18-15-22-5-3-4-6-25(22)24(18)13-14-30-16-21-9-7-20(8-10-21)11-12-23(31)17-35-29-28(34)27(33)26(32)19(2)36-29/h3-12,19,26-30,32-34H,13-17H2,1-2H3/b12-11+/t19-,26+,27+,28-,29+/m0/s1. The number of carbonyl (C=O) groups is 1. The molecule has 5 atom stereocenters. The van der Waals surface area contributed by atoms with Crippen LogP contribution < -0.4 is 5.32 Å². The van der Waals surface area contributed by atoms with E-state index >= 15 is 0 Å². The normalized spacial score (nSPS) is 26.0. The molecular formula is C29H35NO6. The predicted molar refractivity (Wildman–Crippen MR) is 138 cm³/mol. The minimum atomic E-state index is -1.43. The van der Waals surface area contributed by atoms with Crippen molar-refractivity contribution in [2.45, 2.75) is 63.9 Å². The molecule has 0 spiro atoms. The molecule has 1 saturated heterocycles. The van der Waals surface area contributed by atoms with Gasteiger partial charge < -0.3 is 30.1 Å². The first-order valence-corrected chi connectivity index (χ1v) is 12.4. The topological polar surface area (TPSA) is 108 Å². The zero-order valence-electron chi connectivity index (χ0n) is 20.8. The molecule has 1 heterocycles. The lowest BCUT2D eigenvalue weighted by molar-refractivity contribution is -0.290. The molecule has 0 unspecified atom stereocenters. The maximum Gasteiger partial charge on any atom is 0.187 e. The first-order valence-electron chi connectivity index (χ1n) is 12.4. The molecule has 2 aromatic carbocycles. The van der Waals surface area contributed by atoms with Crippen LogP contribution in [0.25, 0.3) is 11.6 Å². The number of fused-ring (bicyclic) bond motifs is 1. The van der Waals surface area contributed by atoms with Gasteiger partial charge in [0.05, 0.1) is 6.10 Å². The molecule has 0 bridgehead atoms. The molecule has 4 rings (SSSR count). The third-order valence-corrected chi connectivity index (χ3v) is 6.83. The maximum absolute atomic E-state index is 12.2. The van der Waals surface area contributed by atoms with E-state index in [-0.39, 0.29) is 12.4 Å². The highest BCUT2D eigenvalue weighted by Gasteiger charge is 2.42. The van der Waals surface area contributed by atoms with Gasteiger partial charge >= 0.3 is 0 Å². The van der Waals surface area contributed by atoms with Crippen molar-refractivity contribution in [3.8, 4) is 0 Å². The monoisotopic (exact) mass is 493 g/mol. The summed E-state index contributed by atoms with van der Waals surface area (Å²) in [5.74, 6) is -0.303. The minimum Gasteiger partial charge on any atom is -0.388 e. The number of rotatable bonds is 10. The van der Waals surface area contributed by atoms with E-state index in [0.29, 0.717) is 0 Å². The fourth-order valence-corrected chi connectivity index (χ4v) is 4.68. The van der Waals surface area contributed by atoms with Gasteiger partial charge in [0.1, 0.15) is 24.9 Å². The van der Waals surface area contributed by atoms with E-state index in [1.54, 1.807) is 13.0 Å². The van der Waals surface area contributed by atoms with Gasteiger partial charge in [0.15, 0.2) is 12.1 Å². The van der Waals surface area contributed by atoms with Gasteiger partial charge in [-0.2, -0.15) is 0 Å². The summed E-state index contributed by atoms with van der Waals surface area (Å²) >= 11 is 0. The van der Waals surface area contributed by atoms with Crippen molar-refractivity contribution in [1.82, 2.24) is 5.32 Å². The molecule has 2 aliphatic rings. The van der Waals surface area contributed by atoms with E-state index in [4.69, 9.17) is 9.47 Å². The van der Waals surface area contributed by atoms with Crippen LogP contribution in [-0.2, 0) is 27.2 Å². The van der Waals surface area contributed by atoms with Crippen LogP contribution in [0.5, 0.6) is 0 Å². The SMILES string of the molecule is CC1=C(CCNCc2ccc(/C=C/C(=O)CO[C@@H]3O[C@@H](C)[C@@H](O)[C@@H](O)[C@@H]3O)cc2)c2ccccc2C1. The third kappa shape index (κ3) is 6.37. The summed E-state index contributed by atoms with van der Waals surface area (Å²) in [4.78, 5) is 12.2. The number of hydrogen-bond donors (Lipinski definition) is 4. The Morgan fingerprint density at radius 2 is 1.83 bits per heavy atom. The molecule has 36 heavy (non-hydrogen) atoms. The van der Waals surface area contributed by atoms with Crippen LogP contribution in [0.3, 0.4) is 0 Å². The lowest BCUT2D eigenvalue weighted by Crippen LogP contribution is -2.57. The second-order valence-corrected chi connectivity index (χ2v) is 9.55. The number of benzene rings is 2. The van der Waals surface area contributed by atoms with Gasteiger partial charge in [0.2, 0.25) is 0 Å². The summed E-state index contributed by atoms with van der Waals surface area (Å²) in [6.07, 6.45) is -0.741. The van der Waals surface area contributed by atoms with Crippen molar-refractivity contribution in [3.05, 3.63) is 82.4 Å². The van der Waals surface area contributed by atoms with Crippen LogP contribution in [0.2, 0.25) is 0 Å². The minimum absolute atomic E-state index is 0.303. The molecule has 7 nitrogen and oxygen atoms in total. The van der Waals surface area contributed by atoms with E-state index in [1.807, 2.05) is 24.3 Å². The molecular weight excluding hydrogens is 458 g/mol. The number of ether oxygens (including phenoxy) is 2. The molecule has 0 amide bonds. The Kier molecular flexibility index (Phi) is 8.85. The smallest absolute Gasteiger partial charge is 0.187 e. The van der Waals surface area contributed by atoms with Gasteiger partial charge in [-0.25, -0.2) is 0 Å². The van der Waals surface area contributed by atoms with E-state index in [9.17, 15) is 20.1 Å². The van der Waals surface area contributed by atoms with Crippen LogP contribution in [0.15, 0.2) is 60.2 Å². The Morgan fingerprint density at radius 1 is 1.08 bits per heavy atom. The van der Waals surface area contributed by atoms with Crippen LogP contribution in [0.1, 0.15) is 42.5 Å². The Labute approximate surface area is 212 Å². The summed E-state index contributed by atoms with van der Waals surface area (Å²) in [5.41, 5.74) is 7.78. The van der Waals surface area contributed by atoms with Crippen molar-refractivity contribution < 1.29 is 29.6 Å². The summed E-state index contributed by atoms with van der Waals surface area (Å²) in [6.45, 7) is 5.15. The average Bonchev–Trinajstić information content (AvgIpc) is 3.20. The van der Waals surface area contributed by atoms with Gasteiger partial charge in [-0.15, -0.1) is 0 Å². The number of allylic oxidation sites excluding steroid dienone is 1. The van der Waals surface area contributed by atoms with Gasteiger partial charge in [0, 0.05) is 6.54 Å². The quantitative estimate of drug-likeness (QED) is 0.298. The first kappa shape index (κ1) is 26.4. The fraction of sp³-hybridized carbons (Fsp3) is 0.414. The van der Waals surface area contributed by atoms with E-state index in [2.05, 4.69) is 36.5 Å². The van der Waals surface area contributed by atoms with Crippen LogP contribution in [0.4, 0.5) is 0 Å². The highest BCUT2D eigenvalue weighted by Crippen LogP contribution is 2.34. The maximum atomic E-state index is 12.2. The summed E-state index contributed by atoms with van der Waals surface area (Å²) in [5, 5.41) is 33.0. The number of nitrogens with one attached hydrogen (secondary N) is 1. The Hall–Kier alpha value is -2.65. The fourth-order valence-electron chi connectivity index (χ4n) is 4.68. The lowest BCUT2D eigenvalue weighted by atomic mass is 10.0. The van der Waals surface area contributed by atoms with Crippen molar-refractivity contribution in [1.29, 1.82) is 0 Å². The van der Waals surface area contributed by atoms with Crippen LogP contribution in [-0.4, -0.2) is 65.0 Å². The Balaban J connectivity index is 1.18. The van der Waals surface area contributed by atoms with Gasteiger partial charge in [-0.05, 0) is 67.1 Å². The highest BCUT2D eigenvalue weighted by molar-refractivity contribution is 5.94. The highest BCUT2D eigenvalue weighted by atomic mass is 16.7. The summed E-state index contributed by atoms with van der Waals surface area (Å²) < 4.78 is 10.6. The average molecular weight is 494 g/mol. The molecule has 2 aromatic rings. The van der Waals surface area contributed by atoms with Crippen LogP contribution >= 0.6 is 0 Å². The number of aliphatic hydroxyl groups excluding tert-OH is 3. The molecule has 1 aliphatic heterocycles. The summed E-state index contributed by atoms with van der Waals surface area (Å²) in [7, 11) is 0. The van der Waals surface area contributed by atoms with Crippen molar-refractivity contribution in [3.63, 3.8) is 0 Å². The van der Waals surface area contributed by atoms with Crippen LogP contribution in [0, 0.1) is 0 Å². The zero-order chi connectivity index (χ0) is 25.7. The van der Waals surface area contributed by atoms with Crippen molar-refractivity contribution in [2.75, 3.05) is 13.2 Å². The van der Waals surface area contributed by atoms with Gasteiger partial charge in [-0.3, -0.25) is 4.79 Å². The number of hydrogen-bond acceptors (Lipinski definition) is 7. The van der Waals surface area contributed by atoms with Gasteiger partial charge in [-0.1, -0.05) is 60.2 Å². The lowest BCUT2D eigenvalue weighted by Gasteiger charge is -2.38. The van der Waals surface area contributed by atoms with E-state index in [0.717, 1.165) is 37.1 Å². The van der Waals surface area contributed by atoms with Gasteiger partial charge in [0.25, 0.3) is 0 Å². The van der Waals surface area contributed by atoms with Crippen molar-refractivity contribution >= 4 is 17.4 Å². The molecule has 4 N–H and O–H groups in total. The van der Waals surface area contributed by atoms with E-state index < -0.39 is 30.7 Å². The molecule has 1 fully saturated rings. The molecule has 0 radical (unpaired) electrons. The number of ketones is 1. The number of aliphatic hydroxyl groups is 3. The largest absolute Gasteiger partial charge is 0.388 e. The molecule has 192 valence electrons. The second-order valence-electron chi connectivity index (χ2n) is 9.55. The second kappa shape index (κ2) is 12.1. The predicted octanol–water partition coefficient (Wildman–Crippen LogP) is 2.62. The Bertz CT molecular complexity index is 1110. The third-order valence-electron chi connectivity index (χ3n) is 6.83. The van der Waals surface area contributed by atoms with E-state index in [1.165, 1.54) is 28.3 Å². The first-order chi connectivity index (χ1) is 17.3. The zero-order valence-corrected chi connectivity index (χ0v) is 20.8. The number of carbonyl (C=O) groups excluding carboxylic acids is 1. The summed E-state index contributed by atoms with van der Waals surface area (Å²) in [6, 6.07) is 16.6.